The molecule has 0 aliphatic rings. The molecule has 0 saturated heterocycles. The van der Waals surface area contributed by atoms with E-state index < -0.39 is 0 Å². The van der Waals surface area contributed by atoms with Crippen molar-refractivity contribution in [1.29, 1.82) is 0 Å². The average molecular weight is 220 g/mol. The minimum Gasteiger partial charge on any atom is -0.504 e. The number of benzene rings is 1. The Balaban J connectivity index is 2.59. The molecule has 16 heavy (non-hydrogen) atoms. The fourth-order valence-corrected chi connectivity index (χ4v) is 1.49. The molecule has 0 aliphatic carbocycles. The van der Waals surface area contributed by atoms with Crippen LogP contribution in [0.15, 0.2) is 18.2 Å². The largest absolute Gasteiger partial charge is 0.504 e. The fourth-order valence-electron chi connectivity index (χ4n) is 1.49. The lowest BCUT2D eigenvalue weighted by Crippen LogP contribution is -1.99. The highest BCUT2D eigenvalue weighted by Crippen LogP contribution is 2.35. The summed E-state index contributed by atoms with van der Waals surface area (Å²) in [5, 5.41) is 29.8. The molecule has 0 spiro atoms. The van der Waals surface area contributed by atoms with Crippen molar-refractivity contribution in [2.75, 3.05) is 12.4 Å². The molecule has 0 bridgehead atoms. The number of rotatable bonds is 2. The van der Waals surface area contributed by atoms with E-state index in [1.807, 2.05) is 0 Å². The molecule has 2 rings (SSSR count). The lowest BCUT2D eigenvalue weighted by molar-refractivity contribution is 0.405. The van der Waals surface area contributed by atoms with Crippen LogP contribution in [0.25, 0.3) is 11.4 Å². The molecule has 0 unspecified atom stereocenters. The van der Waals surface area contributed by atoms with Crippen LogP contribution in [0.3, 0.4) is 0 Å². The molecule has 1 aromatic carbocycles. The van der Waals surface area contributed by atoms with Crippen LogP contribution in [0.1, 0.15) is 0 Å². The third-order valence-electron chi connectivity index (χ3n) is 2.35. The van der Waals surface area contributed by atoms with Crippen LogP contribution in [-0.4, -0.2) is 32.0 Å². The molecule has 0 saturated carbocycles. The number of nitrogens with one attached hydrogen (secondary N) is 1. The Morgan fingerprint density at radius 1 is 1.25 bits per heavy atom. The maximum Gasteiger partial charge on any atom is 0.224 e. The zero-order valence-electron chi connectivity index (χ0n) is 8.97. The SMILES string of the molecule is CNc1nnc(-c2cccc(O)c2O)n1C. The van der Waals surface area contributed by atoms with Crippen LogP contribution in [0.4, 0.5) is 5.95 Å². The van der Waals surface area contributed by atoms with Crippen molar-refractivity contribution in [1.82, 2.24) is 14.8 Å². The standard InChI is InChI=1S/C10H12N4O2/c1-11-10-13-12-9(14(10)2)6-4-3-5-7(15)8(6)16/h3-5,15-16H,1-2H3,(H,11,13). The van der Waals surface area contributed by atoms with E-state index in [1.54, 1.807) is 30.8 Å². The molecule has 2 aromatic rings. The van der Waals surface area contributed by atoms with Crippen molar-refractivity contribution in [2.24, 2.45) is 7.05 Å². The molecule has 0 atom stereocenters. The van der Waals surface area contributed by atoms with Crippen molar-refractivity contribution in [3.63, 3.8) is 0 Å². The Labute approximate surface area is 92.2 Å². The predicted octanol–water partition coefficient (Wildman–Crippen LogP) is 0.935. The van der Waals surface area contributed by atoms with Crippen LogP contribution >= 0.6 is 0 Å². The number of hydrogen-bond acceptors (Lipinski definition) is 5. The van der Waals surface area contributed by atoms with Crippen molar-refractivity contribution in [3.05, 3.63) is 18.2 Å². The van der Waals surface area contributed by atoms with E-state index in [0.717, 1.165) is 0 Å². The first-order chi connectivity index (χ1) is 7.65. The van der Waals surface area contributed by atoms with Gasteiger partial charge in [-0.25, -0.2) is 0 Å². The Morgan fingerprint density at radius 3 is 2.62 bits per heavy atom. The quantitative estimate of drug-likeness (QED) is 0.656. The first-order valence-electron chi connectivity index (χ1n) is 4.73. The van der Waals surface area contributed by atoms with Gasteiger partial charge in [-0.2, -0.15) is 0 Å². The van der Waals surface area contributed by atoms with Gasteiger partial charge < -0.3 is 15.5 Å². The molecule has 0 amide bonds. The van der Waals surface area contributed by atoms with Crippen molar-refractivity contribution >= 4 is 5.95 Å². The lowest BCUT2D eigenvalue weighted by atomic mass is 10.2. The van der Waals surface area contributed by atoms with Crippen LogP contribution in [0.5, 0.6) is 11.5 Å². The monoisotopic (exact) mass is 220 g/mol. The van der Waals surface area contributed by atoms with E-state index in [-0.39, 0.29) is 11.5 Å². The van der Waals surface area contributed by atoms with E-state index in [4.69, 9.17) is 0 Å². The Hall–Kier alpha value is -2.24. The molecule has 6 heteroatoms. The summed E-state index contributed by atoms with van der Waals surface area (Å²) >= 11 is 0. The summed E-state index contributed by atoms with van der Waals surface area (Å²) in [6.45, 7) is 0. The van der Waals surface area contributed by atoms with Crippen molar-refractivity contribution in [3.8, 4) is 22.9 Å². The van der Waals surface area contributed by atoms with Crippen LogP contribution in [0.2, 0.25) is 0 Å². The summed E-state index contributed by atoms with van der Waals surface area (Å²) in [6.07, 6.45) is 0. The van der Waals surface area contributed by atoms with Gasteiger partial charge in [0.1, 0.15) is 0 Å². The fraction of sp³-hybridized carbons (Fsp3) is 0.200. The van der Waals surface area contributed by atoms with Gasteiger partial charge in [-0.05, 0) is 12.1 Å². The molecule has 6 nitrogen and oxygen atoms in total. The summed E-state index contributed by atoms with van der Waals surface area (Å²) in [4.78, 5) is 0. The summed E-state index contributed by atoms with van der Waals surface area (Å²) in [7, 11) is 3.50. The third kappa shape index (κ3) is 1.44. The molecular formula is C10H12N4O2. The second-order valence-electron chi connectivity index (χ2n) is 3.33. The van der Waals surface area contributed by atoms with Crippen molar-refractivity contribution in [2.45, 2.75) is 0 Å². The Kier molecular flexibility index (Phi) is 2.40. The summed E-state index contributed by atoms with van der Waals surface area (Å²) in [5.74, 6) is 0.697. The normalized spacial score (nSPS) is 10.4. The number of anilines is 1. The highest BCUT2D eigenvalue weighted by atomic mass is 16.3. The molecule has 1 heterocycles. The number of aromatic hydroxyl groups is 2. The molecular weight excluding hydrogens is 208 g/mol. The topological polar surface area (TPSA) is 83.2 Å². The number of nitrogens with zero attached hydrogens (tertiary/aromatic N) is 3. The highest BCUT2D eigenvalue weighted by molar-refractivity contribution is 5.68. The van der Waals surface area contributed by atoms with E-state index in [9.17, 15) is 10.2 Å². The van der Waals surface area contributed by atoms with Crippen LogP contribution < -0.4 is 5.32 Å². The average Bonchev–Trinajstić information content (AvgIpc) is 2.64. The molecule has 0 fully saturated rings. The van der Waals surface area contributed by atoms with Crippen molar-refractivity contribution < 1.29 is 10.2 Å². The summed E-state index contributed by atoms with van der Waals surface area (Å²) in [5.41, 5.74) is 0.441. The maximum atomic E-state index is 9.71. The van der Waals surface area contributed by atoms with Gasteiger partial charge in [0.25, 0.3) is 0 Å². The molecule has 1 aromatic heterocycles. The number of phenols is 2. The second-order valence-corrected chi connectivity index (χ2v) is 3.33. The van der Waals surface area contributed by atoms with Crippen LogP contribution in [0, 0.1) is 0 Å². The third-order valence-corrected chi connectivity index (χ3v) is 2.35. The molecule has 84 valence electrons. The van der Waals surface area contributed by atoms with Gasteiger partial charge in [0, 0.05) is 14.1 Å². The van der Waals surface area contributed by atoms with E-state index in [1.165, 1.54) is 6.07 Å². The highest BCUT2D eigenvalue weighted by Gasteiger charge is 2.15. The van der Waals surface area contributed by atoms with Gasteiger partial charge in [-0.3, -0.25) is 4.57 Å². The minimum atomic E-state index is -0.194. The van der Waals surface area contributed by atoms with Gasteiger partial charge in [-0.1, -0.05) is 6.07 Å². The van der Waals surface area contributed by atoms with Gasteiger partial charge in [0.15, 0.2) is 17.3 Å². The second kappa shape index (κ2) is 3.73. The smallest absolute Gasteiger partial charge is 0.224 e. The number of hydrogen-bond donors (Lipinski definition) is 3. The number of aromatic nitrogens is 3. The Bertz CT molecular complexity index is 522. The zero-order valence-corrected chi connectivity index (χ0v) is 8.97. The molecule has 3 N–H and O–H groups in total. The van der Waals surface area contributed by atoms with E-state index in [0.29, 0.717) is 17.3 Å². The lowest BCUT2D eigenvalue weighted by Gasteiger charge is -2.06. The van der Waals surface area contributed by atoms with E-state index in [2.05, 4.69) is 15.5 Å². The number of para-hydroxylation sites is 1. The van der Waals surface area contributed by atoms with Gasteiger partial charge in [0.2, 0.25) is 5.95 Å². The predicted molar refractivity (Wildman–Crippen MR) is 59.3 cm³/mol. The minimum absolute atomic E-state index is 0.175. The molecule has 0 aliphatic heterocycles. The zero-order chi connectivity index (χ0) is 11.7. The van der Waals surface area contributed by atoms with Gasteiger partial charge in [-0.15, -0.1) is 10.2 Å². The summed E-state index contributed by atoms with van der Waals surface area (Å²) < 4.78 is 1.69. The van der Waals surface area contributed by atoms with E-state index >= 15 is 0 Å². The number of phenolic OH excluding ortho intramolecular Hbond substituents is 2. The Morgan fingerprint density at radius 2 is 2.00 bits per heavy atom. The first kappa shape index (κ1) is 10.3. The van der Waals surface area contributed by atoms with Gasteiger partial charge >= 0.3 is 0 Å². The van der Waals surface area contributed by atoms with Gasteiger partial charge in [0.05, 0.1) is 5.56 Å². The van der Waals surface area contributed by atoms with Crippen LogP contribution in [-0.2, 0) is 7.05 Å². The summed E-state index contributed by atoms with van der Waals surface area (Å²) in [6, 6.07) is 4.71. The first-order valence-corrected chi connectivity index (χ1v) is 4.73. The molecule has 0 radical (unpaired) electrons. The maximum absolute atomic E-state index is 9.71.